The Morgan fingerprint density at radius 3 is 2.50 bits per heavy atom. The Morgan fingerprint density at radius 2 is 1.89 bits per heavy atom. The first kappa shape index (κ1) is 17.7. The van der Waals surface area contributed by atoms with Crippen molar-refractivity contribution in [1.29, 1.82) is 0 Å². The second kappa shape index (κ2) is 6.81. The van der Waals surface area contributed by atoms with Crippen molar-refractivity contribution in [3.8, 4) is 0 Å². The summed E-state index contributed by atoms with van der Waals surface area (Å²) in [5.41, 5.74) is 3.14. The monoisotopic (exact) mass is 374 g/mol. The maximum absolute atomic E-state index is 13.0. The van der Waals surface area contributed by atoms with Crippen LogP contribution in [0, 0.1) is 13.8 Å². The summed E-state index contributed by atoms with van der Waals surface area (Å²) in [4.78, 5) is 31.6. The molecule has 6 heteroatoms. The SMILES string of the molecule is Cc1cc(C)cc(N2C(=O)C(O)=C(C(=O)c3ccco3)C2c2cccnc2)c1. The highest BCUT2D eigenvalue weighted by Crippen LogP contribution is 2.42. The van der Waals surface area contributed by atoms with Crippen molar-refractivity contribution in [3.05, 3.63) is 94.9 Å². The molecule has 0 fully saturated rings. The van der Waals surface area contributed by atoms with Gasteiger partial charge in [-0.05, 0) is 60.9 Å². The summed E-state index contributed by atoms with van der Waals surface area (Å²) < 4.78 is 5.21. The van der Waals surface area contributed by atoms with Gasteiger partial charge in [-0.25, -0.2) is 0 Å². The molecule has 2 aromatic heterocycles. The molecule has 28 heavy (non-hydrogen) atoms. The van der Waals surface area contributed by atoms with Crippen molar-refractivity contribution in [1.82, 2.24) is 4.98 Å². The number of nitrogens with zero attached hydrogens (tertiary/aromatic N) is 2. The smallest absolute Gasteiger partial charge is 0.294 e. The number of aromatic nitrogens is 1. The average molecular weight is 374 g/mol. The van der Waals surface area contributed by atoms with Gasteiger partial charge >= 0.3 is 0 Å². The van der Waals surface area contributed by atoms with Gasteiger partial charge in [0.05, 0.1) is 17.9 Å². The quantitative estimate of drug-likeness (QED) is 0.696. The van der Waals surface area contributed by atoms with E-state index in [0.29, 0.717) is 11.3 Å². The minimum atomic E-state index is -0.806. The van der Waals surface area contributed by atoms with Crippen LogP contribution >= 0.6 is 0 Å². The molecule has 0 radical (unpaired) electrons. The summed E-state index contributed by atoms with van der Waals surface area (Å²) in [7, 11) is 0. The number of hydrogen-bond acceptors (Lipinski definition) is 5. The number of rotatable bonds is 4. The van der Waals surface area contributed by atoms with Crippen LogP contribution in [0.1, 0.15) is 33.3 Å². The van der Waals surface area contributed by atoms with Gasteiger partial charge in [-0.2, -0.15) is 0 Å². The van der Waals surface area contributed by atoms with Crippen LogP contribution in [0.25, 0.3) is 0 Å². The van der Waals surface area contributed by atoms with E-state index in [-0.39, 0.29) is 11.3 Å². The summed E-state index contributed by atoms with van der Waals surface area (Å²) in [6.45, 7) is 3.86. The van der Waals surface area contributed by atoms with Gasteiger partial charge in [0, 0.05) is 18.1 Å². The molecule has 1 aliphatic rings. The van der Waals surface area contributed by atoms with Crippen LogP contribution in [0.15, 0.2) is 76.9 Å². The van der Waals surface area contributed by atoms with Crippen LogP contribution in [0.5, 0.6) is 0 Å². The van der Waals surface area contributed by atoms with Gasteiger partial charge < -0.3 is 9.52 Å². The van der Waals surface area contributed by atoms with Gasteiger partial charge in [0.25, 0.3) is 5.91 Å². The maximum atomic E-state index is 13.0. The topological polar surface area (TPSA) is 83.6 Å². The van der Waals surface area contributed by atoms with Crippen LogP contribution in [0.3, 0.4) is 0 Å². The van der Waals surface area contributed by atoms with Crippen molar-refractivity contribution < 1.29 is 19.1 Å². The molecule has 1 amide bonds. The molecule has 140 valence electrons. The third-order valence-electron chi connectivity index (χ3n) is 4.68. The predicted octanol–water partition coefficient (Wildman–Crippen LogP) is 4.07. The van der Waals surface area contributed by atoms with Crippen LogP contribution in [-0.4, -0.2) is 21.8 Å². The van der Waals surface area contributed by atoms with E-state index in [9.17, 15) is 14.7 Å². The van der Waals surface area contributed by atoms with E-state index < -0.39 is 23.5 Å². The average Bonchev–Trinajstić information content (AvgIpc) is 3.29. The number of Topliss-reactive ketones (excluding diaryl/α,β-unsaturated/α-hetero) is 1. The number of hydrogen-bond donors (Lipinski definition) is 1. The molecule has 0 spiro atoms. The van der Waals surface area contributed by atoms with Crippen molar-refractivity contribution >= 4 is 17.4 Å². The van der Waals surface area contributed by atoms with E-state index in [4.69, 9.17) is 4.42 Å². The number of pyridine rings is 1. The van der Waals surface area contributed by atoms with Crippen LogP contribution < -0.4 is 4.90 Å². The Balaban J connectivity index is 1.90. The second-order valence-electron chi connectivity index (χ2n) is 6.78. The van der Waals surface area contributed by atoms with E-state index in [1.807, 2.05) is 32.0 Å². The number of carbonyl (C=O) groups is 2. The zero-order chi connectivity index (χ0) is 19.8. The number of ketones is 1. The summed E-state index contributed by atoms with van der Waals surface area (Å²) in [5, 5.41) is 10.6. The van der Waals surface area contributed by atoms with Crippen molar-refractivity contribution in [2.24, 2.45) is 0 Å². The Labute approximate surface area is 161 Å². The van der Waals surface area contributed by atoms with Gasteiger partial charge in [0.15, 0.2) is 11.5 Å². The van der Waals surface area contributed by atoms with Gasteiger partial charge in [-0.3, -0.25) is 19.5 Å². The number of aliphatic hydroxyl groups is 1. The van der Waals surface area contributed by atoms with E-state index >= 15 is 0 Å². The third-order valence-corrected chi connectivity index (χ3v) is 4.68. The molecule has 0 saturated carbocycles. The molecule has 0 bridgehead atoms. The molecule has 4 rings (SSSR count). The molecule has 3 heterocycles. The van der Waals surface area contributed by atoms with Crippen LogP contribution in [-0.2, 0) is 4.79 Å². The Kier molecular flexibility index (Phi) is 4.31. The van der Waals surface area contributed by atoms with Crippen LogP contribution in [0.4, 0.5) is 5.69 Å². The molecule has 1 atom stereocenters. The number of aryl methyl sites for hydroxylation is 2. The maximum Gasteiger partial charge on any atom is 0.294 e. The molecule has 1 N–H and O–H groups in total. The van der Waals surface area contributed by atoms with E-state index in [0.717, 1.165) is 11.1 Å². The fourth-order valence-corrected chi connectivity index (χ4v) is 3.59. The van der Waals surface area contributed by atoms with Gasteiger partial charge in [0.2, 0.25) is 5.78 Å². The number of carbonyl (C=O) groups excluding carboxylic acids is 2. The summed E-state index contributed by atoms with van der Waals surface area (Å²) in [6, 6.07) is 11.5. The Morgan fingerprint density at radius 1 is 1.14 bits per heavy atom. The minimum Gasteiger partial charge on any atom is -0.503 e. The third kappa shape index (κ3) is 2.89. The van der Waals surface area contributed by atoms with Crippen molar-refractivity contribution in [3.63, 3.8) is 0 Å². The highest BCUT2D eigenvalue weighted by molar-refractivity contribution is 6.20. The summed E-state index contributed by atoms with van der Waals surface area (Å²) in [6.07, 6.45) is 4.57. The molecule has 1 aromatic carbocycles. The zero-order valence-electron chi connectivity index (χ0n) is 15.4. The molecular weight excluding hydrogens is 356 g/mol. The molecule has 1 aliphatic heterocycles. The largest absolute Gasteiger partial charge is 0.503 e. The lowest BCUT2D eigenvalue weighted by molar-refractivity contribution is -0.117. The van der Waals surface area contributed by atoms with Crippen LogP contribution in [0.2, 0.25) is 0 Å². The minimum absolute atomic E-state index is 0.0212. The fraction of sp³-hybridized carbons (Fsp3) is 0.136. The highest BCUT2D eigenvalue weighted by Gasteiger charge is 2.45. The van der Waals surface area contributed by atoms with Gasteiger partial charge in [-0.15, -0.1) is 0 Å². The molecule has 6 nitrogen and oxygen atoms in total. The molecule has 1 unspecified atom stereocenters. The van der Waals surface area contributed by atoms with Crippen molar-refractivity contribution in [2.45, 2.75) is 19.9 Å². The number of aliphatic hydroxyl groups excluding tert-OH is 1. The lowest BCUT2D eigenvalue weighted by Gasteiger charge is -2.27. The molecular formula is C22H18N2O4. The number of amides is 1. The number of benzene rings is 1. The Bertz CT molecular complexity index is 1060. The van der Waals surface area contributed by atoms with E-state index in [1.165, 1.54) is 17.2 Å². The highest BCUT2D eigenvalue weighted by atomic mass is 16.3. The summed E-state index contributed by atoms with van der Waals surface area (Å²) in [5.74, 6) is -1.68. The molecule has 0 saturated heterocycles. The van der Waals surface area contributed by atoms with Gasteiger partial charge in [-0.1, -0.05) is 12.1 Å². The predicted molar refractivity (Wildman–Crippen MR) is 103 cm³/mol. The number of anilines is 1. The first-order valence-electron chi connectivity index (χ1n) is 8.80. The first-order chi connectivity index (χ1) is 13.5. The van der Waals surface area contributed by atoms with Crippen molar-refractivity contribution in [2.75, 3.05) is 4.90 Å². The lowest BCUT2D eigenvalue weighted by atomic mass is 9.95. The Hall–Kier alpha value is -3.67. The zero-order valence-corrected chi connectivity index (χ0v) is 15.4. The normalized spacial score (nSPS) is 16.7. The first-order valence-corrected chi connectivity index (χ1v) is 8.80. The van der Waals surface area contributed by atoms with E-state index in [2.05, 4.69) is 4.98 Å². The summed E-state index contributed by atoms with van der Waals surface area (Å²) >= 11 is 0. The van der Waals surface area contributed by atoms with Gasteiger partial charge in [0.1, 0.15) is 0 Å². The lowest BCUT2D eigenvalue weighted by Crippen LogP contribution is -2.31. The second-order valence-corrected chi connectivity index (χ2v) is 6.78. The number of furan rings is 1. The standard InChI is InChI=1S/C22H18N2O4/c1-13-9-14(2)11-16(10-13)24-19(15-5-3-7-23-12-15)18(21(26)22(24)27)20(25)17-6-4-8-28-17/h3-12,19,26H,1-2H3. The fourth-order valence-electron chi connectivity index (χ4n) is 3.59. The van der Waals surface area contributed by atoms with E-state index in [1.54, 1.807) is 30.6 Å². The molecule has 0 aliphatic carbocycles. The molecule has 3 aromatic rings.